The summed E-state index contributed by atoms with van der Waals surface area (Å²) in [5.74, 6) is 0. The zero-order valence-corrected chi connectivity index (χ0v) is 12.3. The molecule has 0 aromatic carbocycles. The molecule has 1 N–H and O–H groups in total. The van der Waals surface area contributed by atoms with Gasteiger partial charge in [-0.05, 0) is 6.42 Å². The van der Waals surface area contributed by atoms with Crippen molar-refractivity contribution in [2.75, 3.05) is 46.2 Å². The van der Waals surface area contributed by atoms with Crippen molar-refractivity contribution in [2.24, 2.45) is 10.8 Å². The zero-order chi connectivity index (χ0) is 14.9. The second-order valence-corrected chi connectivity index (χ2v) is 5.45. The Balaban J connectivity index is 0.000000217. The first-order valence-electron chi connectivity index (χ1n) is 6.87. The normalized spacial score (nSPS) is 21.3. The van der Waals surface area contributed by atoms with E-state index < -0.39 is 0 Å². The van der Waals surface area contributed by atoms with Gasteiger partial charge in [0.05, 0.1) is 51.0 Å². The lowest BCUT2D eigenvalue weighted by Crippen LogP contribution is -2.49. The van der Waals surface area contributed by atoms with Crippen LogP contribution in [-0.2, 0) is 18.9 Å². The quantitative estimate of drug-likeness (QED) is 0.689. The smallest absolute Gasteiger partial charge is 0.101 e. The molecule has 2 aliphatic rings. The first kappa shape index (κ1) is 17.0. The summed E-state index contributed by atoms with van der Waals surface area (Å²) in [4.78, 5) is 0. The fourth-order valence-corrected chi connectivity index (χ4v) is 1.87. The van der Waals surface area contributed by atoms with E-state index in [0.29, 0.717) is 26.4 Å². The van der Waals surface area contributed by atoms with Gasteiger partial charge in [-0.2, -0.15) is 0 Å². The predicted molar refractivity (Wildman–Crippen MR) is 76.2 cm³/mol. The molecule has 116 valence electrons. The molecule has 2 heterocycles. The Labute approximate surface area is 121 Å². The van der Waals surface area contributed by atoms with Gasteiger partial charge in [-0.15, -0.1) is 0 Å². The van der Waals surface area contributed by atoms with Crippen LogP contribution in [0.5, 0.6) is 0 Å². The van der Waals surface area contributed by atoms with E-state index in [1.807, 2.05) is 0 Å². The molecule has 0 aromatic heterocycles. The van der Waals surface area contributed by atoms with E-state index in [1.54, 1.807) is 0 Å². The topological polar surface area (TPSA) is 57.2 Å². The third-order valence-electron chi connectivity index (χ3n) is 3.73. The molecule has 0 aromatic rings. The monoisotopic (exact) mass is 286 g/mol. The van der Waals surface area contributed by atoms with Crippen LogP contribution >= 0.6 is 0 Å². The number of aliphatic hydroxyl groups is 1. The molecule has 0 spiro atoms. The van der Waals surface area contributed by atoms with Gasteiger partial charge in [-0.25, -0.2) is 0 Å². The Kier molecular flexibility index (Phi) is 7.05. The largest absolute Gasteiger partial charge is 0.501 e. The predicted octanol–water partition coefficient (Wildman–Crippen LogP) is 1.73. The molecular formula is C15H26O5. The van der Waals surface area contributed by atoms with Gasteiger partial charge in [0.25, 0.3) is 0 Å². The first-order valence-corrected chi connectivity index (χ1v) is 6.87. The Morgan fingerprint density at radius 3 is 1.60 bits per heavy atom. The molecule has 0 saturated carbocycles. The highest BCUT2D eigenvalue weighted by Gasteiger charge is 2.40. The molecule has 0 atom stereocenters. The van der Waals surface area contributed by atoms with E-state index in [2.05, 4.69) is 20.1 Å². The fourth-order valence-electron chi connectivity index (χ4n) is 1.87. The van der Waals surface area contributed by atoms with Crippen LogP contribution < -0.4 is 0 Å². The van der Waals surface area contributed by atoms with Crippen molar-refractivity contribution >= 4 is 0 Å². The first-order chi connectivity index (χ1) is 9.66. The lowest BCUT2D eigenvalue weighted by molar-refractivity contribution is -0.160. The summed E-state index contributed by atoms with van der Waals surface area (Å²) >= 11 is 0. The zero-order valence-electron chi connectivity index (χ0n) is 12.3. The second-order valence-electron chi connectivity index (χ2n) is 5.45. The Morgan fingerprint density at radius 2 is 1.45 bits per heavy atom. The van der Waals surface area contributed by atoms with Crippen LogP contribution in [0.2, 0.25) is 0 Å². The molecule has 2 rings (SSSR count). The van der Waals surface area contributed by atoms with Crippen molar-refractivity contribution in [2.45, 2.75) is 13.3 Å². The van der Waals surface area contributed by atoms with E-state index in [0.717, 1.165) is 19.6 Å². The molecule has 0 aliphatic carbocycles. The number of hydrogen-bond acceptors (Lipinski definition) is 5. The van der Waals surface area contributed by atoms with Crippen LogP contribution in [-0.4, -0.2) is 51.4 Å². The van der Waals surface area contributed by atoms with Gasteiger partial charge in [0, 0.05) is 5.41 Å². The van der Waals surface area contributed by atoms with Crippen molar-refractivity contribution in [1.82, 2.24) is 0 Å². The van der Waals surface area contributed by atoms with E-state index in [4.69, 9.17) is 24.1 Å². The second kappa shape index (κ2) is 8.29. The van der Waals surface area contributed by atoms with Crippen molar-refractivity contribution in [3.63, 3.8) is 0 Å². The average Bonchev–Trinajstić information content (AvgIpc) is 2.38. The van der Waals surface area contributed by atoms with Crippen LogP contribution in [0.1, 0.15) is 13.3 Å². The van der Waals surface area contributed by atoms with Crippen LogP contribution in [0.25, 0.3) is 0 Å². The van der Waals surface area contributed by atoms with Crippen LogP contribution in [0.4, 0.5) is 0 Å². The minimum atomic E-state index is 0.0162. The molecule has 2 fully saturated rings. The molecule has 0 bridgehead atoms. The molecular weight excluding hydrogens is 260 g/mol. The highest BCUT2D eigenvalue weighted by Crippen LogP contribution is 2.29. The highest BCUT2D eigenvalue weighted by molar-refractivity contribution is 4.86. The lowest BCUT2D eigenvalue weighted by Gasteiger charge is -2.39. The number of hydrogen-bond donors (Lipinski definition) is 1. The SMILES string of the molecule is C=COCC1(COC=C)COC1.CCC1(CO)COC1. The third-order valence-corrected chi connectivity index (χ3v) is 3.73. The standard InChI is InChI=1S/C9H14O3.C6H12O2/c1-3-10-5-9(6-11-4-2)7-12-8-9;1-2-6(3-7)4-8-5-6/h3-4H,1-2,5-8H2;7H,2-5H2,1H3. The Morgan fingerprint density at radius 1 is 1.00 bits per heavy atom. The van der Waals surface area contributed by atoms with Crippen LogP contribution in [0, 0.1) is 10.8 Å². The van der Waals surface area contributed by atoms with Gasteiger partial charge in [0.1, 0.15) is 13.2 Å². The van der Waals surface area contributed by atoms with Crippen molar-refractivity contribution in [1.29, 1.82) is 0 Å². The summed E-state index contributed by atoms with van der Waals surface area (Å²) in [6.45, 7) is 13.4. The Bertz CT molecular complexity index is 267. The van der Waals surface area contributed by atoms with E-state index >= 15 is 0 Å². The third kappa shape index (κ3) is 4.51. The molecule has 0 radical (unpaired) electrons. The number of ether oxygens (including phenoxy) is 4. The molecule has 0 amide bonds. The summed E-state index contributed by atoms with van der Waals surface area (Å²) < 4.78 is 20.3. The van der Waals surface area contributed by atoms with Crippen LogP contribution in [0.3, 0.4) is 0 Å². The maximum atomic E-state index is 8.76. The minimum Gasteiger partial charge on any atom is -0.501 e. The van der Waals surface area contributed by atoms with Crippen molar-refractivity contribution < 1.29 is 24.1 Å². The minimum absolute atomic E-state index is 0.0162. The lowest BCUT2D eigenvalue weighted by atomic mass is 9.84. The van der Waals surface area contributed by atoms with Crippen molar-refractivity contribution in [3.05, 3.63) is 25.7 Å². The molecule has 2 aliphatic heterocycles. The van der Waals surface area contributed by atoms with E-state index in [9.17, 15) is 0 Å². The maximum Gasteiger partial charge on any atom is 0.101 e. The van der Waals surface area contributed by atoms with Gasteiger partial charge in [-0.1, -0.05) is 20.1 Å². The van der Waals surface area contributed by atoms with Gasteiger partial charge >= 0.3 is 0 Å². The summed E-state index contributed by atoms with van der Waals surface area (Å²) in [7, 11) is 0. The molecule has 0 unspecified atom stereocenters. The summed E-state index contributed by atoms with van der Waals surface area (Å²) in [5, 5.41) is 8.76. The summed E-state index contributed by atoms with van der Waals surface area (Å²) in [5.41, 5.74) is 0.155. The number of aliphatic hydroxyl groups excluding tert-OH is 1. The summed E-state index contributed by atoms with van der Waals surface area (Å²) in [6, 6.07) is 0. The average molecular weight is 286 g/mol. The van der Waals surface area contributed by atoms with Crippen molar-refractivity contribution in [3.8, 4) is 0 Å². The number of rotatable bonds is 8. The molecule has 5 nitrogen and oxygen atoms in total. The van der Waals surface area contributed by atoms with Gasteiger partial charge in [0.2, 0.25) is 0 Å². The van der Waals surface area contributed by atoms with Gasteiger partial charge < -0.3 is 24.1 Å². The Hall–Kier alpha value is -1.04. The molecule has 2 saturated heterocycles. The fraction of sp³-hybridized carbons (Fsp3) is 0.733. The van der Waals surface area contributed by atoms with Crippen LogP contribution in [0.15, 0.2) is 25.7 Å². The maximum absolute atomic E-state index is 8.76. The van der Waals surface area contributed by atoms with E-state index in [1.165, 1.54) is 12.5 Å². The van der Waals surface area contributed by atoms with Gasteiger partial charge in [-0.3, -0.25) is 0 Å². The molecule has 20 heavy (non-hydrogen) atoms. The highest BCUT2D eigenvalue weighted by atomic mass is 16.5. The molecule has 5 heteroatoms. The summed E-state index contributed by atoms with van der Waals surface area (Å²) in [6.07, 6.45) is 3.91. The van der Waals surface area contributed by atoms with E-state index in [-0.39, 0.29) is 17.4 Å². The van der Waals surface area contributed by atoms with Gasteiger partial charge in [0.15, 0.2) is 0 Å².